The Balaban J connectivity index is 1.72. The molecule has 0 N–H and O–H groups in total. The molecule has 3 aromatic carbocycles. The number of nitro benzene ring substituents is 1. The number of carbonyl (C=O) groups is 1. The van der Waals surface area contributed by atoms with Gasteiger partial charge in [-0.15, -0.1) is 15.0 Å². The Kier molecular flexibility index (Phi) is 4.81. The number of nitrogens with zero attached hydrogens (tertiary/aromatic N) is 4. The molecule has 1 heterocycles. The fourth-order valence-electron chi connectivity index (χ4n) is 2.78. The van der Waals surface area contributed by atoms with Crippen LogP contribution in [0.1, 0.15) is 15.9 Å². The molecule has 0 aliphatic carbocycles. The predicted octanol–water partition coefficient (Wildman–Crippen LogP) is 4.62. The van der Waals surface area contributed by atoms with Crippen molar-refractivity contribution >= 4 is 38.6 Å². The topological polar surface area (TPSA) is 100 Å². The number of aryl methyl sites for hydroxylation is 1. The van der Waals surface area contributed by atoms with Gasteiger partial charge in [0.25, 0.3) is 5.69 Å². The zero-order valence-electron chi connectivity index (χ0n) is 15.1. The van der Waals surface area contributed by atoms with Crippen molar-refractivity contribution in [1.82, 2.24) is 15.0 Å². The van der Waals surface area contributed by atoms with Gasteiger partial charge in [0.05, 0.1) is 15.0 Å². The third kappa shape index (κ3) is 3.72. The van der Waals surface area contributed by atoms with E-state index in [0.717, 1.165) is 5.56 Å². The Labute approximate surface area is 173 Å². The minimum absolute atomic E-state index is 0.0602. The number of ether oxygens (including phenoxy) is 1. The van der Waals surface area contributed by atoms with E-state index in [-0.39, 0.29) is 21.5 Å². The summed E-state index contributed by atoms with van der Waals surface area (Å²) in [5, 5.41) is 20.0. The second kappa shape index (κ2) is 7.44. The van der Waals surface area contributed by atoms with Gasteiger partial charge in [0.15, 0.2) is 5.75 Å². The standard InChI is InChI=1S/C20H13BrN4O4/c1-12-6-9-19(18(10-12)24-22-15-4-2-3-5-16(15)23-24)29-20(26)13-7-8-14(21)17(11-13)25(27)28/h2-11H,1H3. The Morgan fingerprint density at radius 3 is 2.41 bits per heavy atom. The number of rotatable bonds is 4. The summed E-state index contributed by atoms with van der Waals surface area (Å²) in [4.78, 5) is 24.6. The molecule has 144 valence electrons. The van der Waals surface area contributed by atoms with Crippen LogP contribution in [0.2, 0.25) is 0 Å². The predicted molar refractivity (Wildman–Crippen MR) is 109 cm³/mol. The van der Waals surface area contributed by atoms with Gasteiger partial charge < -0.3 is 4.74 Å². The molecule has 0 bridgehead atoms. The summed E-state index contributed by atoms with van der Waals surface area (Å²) >= 11 is 3.10. The van der Waals surface area contributed by atoms with Crippen LogP contribution in [0.4, 0.5) is 5.69 Å². The molecule has 0 aliphatic heterocycles. The molecule has 0 unspecified atom stereocenters. The molecular weight excluding hydrogens is 440 g/mol. The molecule has 4 aromatic rings. The number of aromatic nitrogens is 3. The average Bonchev–Trinajstić information content (AvgIpc) is 3.13. The van der Waals surface area contributed by atoms with Gasteiger partial charge >= 0.3 is 5.97 Å². The third-order valence-corrected chi connectivity index (χ3v) is 4.87. The molecule has 0 aliphatic rings. The largest absolute Gasteiger partial charge is 0.421 e. The van der Waals surface area contributed by atoms with Gasteiger partial charge in [-0.05, 0) is 64.8 Å². The van der Waals surface area contributed by atoms with Crippen LogP contribution in [-0.2, 0) is 0 Å². The summed E-state index contributed by atoms with van der Waals surface area (Å²) in [6, 6.07) is 16.7. The van der Waals surface area contributed by atoms with Crippen molar-refractivity contribution in [1.29, 1.82) is 0 Å². The minimum atomic E-state index is -0.720. The van der Waals surface area contributed by atoms with E-state index in [1.165, 1.54) is 23.0 Å². The van der Waals surface area contributed by atoms with Crippen molar-refractivity contribution in [3.63, 3.8) is 0 Å². The number of fused-ring (bicyclic) bond motifs is 1. The maximum absolute atomic E-state index is 12.6. The van der Waals surface area contributed by atoms with E-state index in [2.05, 4.69) is 26.1 Å². The van der Waals surface area contributed by atoms with E-state index in [1.54, 1.807) is 18.2 Å². The zero-order chi connectivity index (χ0) is 20.5. The molecule has 0 fully saturated rings. The van der Waals surface area contributed by atoms with Crippen LogP contribution >= 0.6 is 15.9 Å². The van der Waals surface area contributed by atoms with E-state index >= 15 is 0 Å². The van der Waals surface area contributed by atoms with Crippen molar-refractivity contribution in [2.24, 2.45) is 0 Å². The van der Waals surface area contributed by atoms with Crippen LogP contribution in [0.15, 0.2) is 65.1 Å². The van der Waals surface area contributed by atoms with Crippen LogP contribution in [0, 0.1) is 17.0 Å². The number of nitro groups is 1. The minimum Gasteiger partial charge on any atom is -0.421 e. The molecular formula is C20H13BrN4O4. The van der Waals surface area contributed by atoms with E-state index in [4.69, 9.17) is 4.74 Å². The molecule has 0 atom stereocenters. The smallest absolute Gasteiger partial charge is 0.343 e. The van der Waals surface area contributed by atoms with Gasteiger partial charge in [-0.2, -0.15) is 0 Å². The van der Waals surface area contributed by atoms with Gasteiger partial charge in [0.2, 0.25) is 0 Å². The first-order valence-electron chi connectivity index (χ1n) is 8.51. The SMILES string of the molecule is Cc1ccc(OC(=O)c2ccc(Br)c([N+](=O)[O-])c2)c(-n2nc3ccccc3n2)c1. The van der Waals surface area contributed by atoms with Crippen LogP contribution in [0.3, 0.4) is 0 Å². The van der Waals surface area contributed by atoms with Crippen molar-refractivity contribution < 1.29 is 14.5 Å². The van der Waals surface area contributed by atoms with Crippen LogP contribution < -0.4 is 4.74 Å². The number of carbonyl (C=O) groups excluding carboxylic acids is 1. The summed E-state index contributed by atoms with van der Waals surface area (Å²) in [5.41, 5.74) is 2.67. The number of esters is 1. The van der Waals surface area contributed by atoms with E-state index < -0.39 is 10.9 Å². The monoisotopic (exact) mass is 452 g/mol. The van der Waals surface area contributed by atoms with Crippen LogP contribution in [0.5, 0.6) is 5.75 Å². The maximum Gasteiger partial charge on any atom is 0.343 e. The highest BCUT2D eigenvalue weighted by Crippen LogP contribution is 2.28. The molecule has 1 aromatic heterocycles. The van der Waals surface area contributed by atoms with E-state index in [0.29, 0.717) is 16.7 Å². The first-order chi connectivity index (χ1) is 13.9. The molecule has 4 rings (SSSR count). The first-order valence-corrected chi connectivity index (χ1v) is 9.31. The molecule has 0 spiro atoms. The fourth-order valence-corrected chi connectivity index (χ4v) is 3.17. The number of hydrogen-bond acceptors (Lipinski definition) is 6. The lowest BCUT2D eigenvalue weighted by Gasteiger charge is -2.10. The second-order valence-electron chi connectivity index (χ2n) is 6.26. The zero-order valence-corrected chi connectivity index (χ0v) is 16.7. The normalized spacial score (nSPS) is 10.8. The third-order valence-electron chi connectivity index (χ3n) is 4.20. The highest BCUT2D eigenvalue weighted by Gasteiger charge is 2.19. The molecule has 8 nitrogen and oxygen atoms in total. The van der Waals surface area contributed by atoms with Gasteiger partial charge in [-0.1, -0.05) is 18.2 Å². The van der Waals surface area contributed by atoms with Crippen molar-refractivity contribution in [3.05, 3.63) is 86.4 Å². The number of halogens is 1. The molecule has 0 saturated carbocycles. The Bertz CT molecular complexity index is 1240. The molecule has 29 heavy (non-hydrogen) atoms. The Hall–Kier alpha value is -3.59. The van der Waals surface area contributed by atoms with E-state index in [1.807, 2.05) is 31.2 Å². The summed E-state index contributed by atoms with van der Waals surface area (Å²) in [7, 11) is 0. The Morgan fingerprint density at radius 2 is 1.76 bits per heavy atom. The number of hydrogen-bond donors (Lipinski definition) is 0. The molecule has 0 amide bonds. The van der Waals surface area contributed by atoms with Gasteiger partial charge in [0, 0.05) is 6.07 Å². The lowest BCUT2D eigenvalue weighted by Crippen LogP contribution is -2.12. The second-order valence-corrected chi connectivity index (χ2v) is 7.12. The lowest BCUT2D eigenvalue weighted by molar-refractivity contribution is -0.385. The summed E-state index contributed by atoms with van der Waals surface area (Å²) < 4.78 is 5.81. The maximum atomic E-state index is 12.6. The Morgan fingerprint density at radius 1 is 1.07 bits per heavy atom. The first kappa shape index (κ1) is 18.8. The highest BCUT2D eigenvalue weighted by atomic mass is 79.9. The summed E-state index contributed by atoms with van der Waals surface area (Å²) in [6.07, 6.45) is 0. The van der Waals surface area contributed by atoms with Crippen LogP contribution in [0.25, 0.3) is 16.7 Å². The fraction of sp³-hybridized carbons (Fsp3) is 0.0500. The average molecular weight is 453 g/mol. The molecule has 9 heteroatoms. The van der Waals surface area contributed by atoms with Crippen LogP contribution in [-0.4, -0.2) is 25.9 Å². The van der Waals surface area contributed by atoms with E-state index in [9.17, 15) is 14.9 Å². The lowest BCUT2D eigenvalue weighted by atomic mass is 10.2. The number of benzene rings is 3. The highest BCUT2D eigenvalue weighted by molar-refractivity contribution is 9.10. The summed E-state index contributed by atoms with van der Waals surface area (Å²) in [6.45, 7) is 1.90. The summed E-state index contributed by atoms with van der Waals surface area (Å²) in [5.74, 6) is -0.478. The van der Waals surface area contributed by atoms with Crippen molar-refractivity contribution in [2.45, 2.75) is 6.92 Å². The van der Waals surface area contributed by atoms with Gasteiger partial charge in [0.1, 0.15) is 16.7 Å². The van der Waals surface area contributed by atoms with Gasteiger partial charge in [-0.25, -0.2) is 4.79 Å². The van der Waals surface area contributed by atoms with Gasteiger partial charge in [-0.3, -0.25) is 10.1 Å². The molecule has 0 radical (unpaired) electrons. The molecule has 0 saturated heterocycles. The van der Waals surface area contributed by atoms with Crippen molar-refractivity contribution in [3.8, 4) is 11.4 Å². The van der Waals surface area contributed by atoms with Crippen molar-refractivity contribution in [2.75, 3.05) is 0 Å². The quantitative estimate of drug-likeness (QED) is 0.194.